The zero-order chi connectivity index (χ0) is 34.5. The summed E-state index contributed by atoms with van der Waals surface area (Å²) in [5, 5.41) is 14.1. The van der Waals surface area contributed by atoms with Crippen molar-refractivity contribution in [1.29, 1.82) is 0 Å². The van der Waals surface area contributed by atoms with Crippen molar-refractivity contribution in [2.45, 2.75) is 91.9 Å². The van der Waals surface area contributed by atoms with E-state index in [0.717, 1.165) is 22.3 Å². The van der Waals surface area contributed by atoms with Gasteiger partial charge in [0.15, 0.2) is 11.4 Å². The predicted octanol–water partition coefficient (Wildman–Crippen LogP) is 4.77. The maximum Gasteiger partial charge on any atom is 0.343 e. The van der Waals surface area contributed by atoms with Crippen LogP contribution < -0.4 is 5.32 Å². The zero-order valence-electron chi connectivity index (χ0n) is 29.5. The number of ether oxygens (including phenoxy) is 7. The molecule has 1 unspecified atom stereocenters. The number of carbonyl (C=O) groups excluding carboxylic acids is 2. The van der Waals surface area contributed by atoms with Gasteiger partial charge in [-0.25, -0.2) is 4.79 Å². The highest BCUT2D eigenvalue weighted by atomic mass is 16.6. The van der Waals surface area contributed by atoms with E-state index in [-0.39, 0.29) is 35.8 Å². The summed E-state index contributed by atoms with van der Waals surface area (Å²) in [7, 11) is 0. The van der Waals surface area contributed by atoms with E-state index in [1.54, 1.807) is 0 Å². The monoisotopic (exact) mass is 663 g/mol. The number of amides is 1. The normalized spacial score (nSPS) is 20.6. The molecule has 1 amide bonds. The minimum Gasteiger partial charge on any atom is -0.507 e. The first-order valence-corrected chi connectivity index (χ1v) is 16.9. The summed E-state index contributed by atoms with van der Waals surface area (Å²) in [6, 6.07) is 4.11. The second-order valence-electron chi connectivity index (χ2n) is 13.6. The minimum absolute atomic E-state index is 0.00402. The molecule has 1 aromatic rings. The summed E-state index contributed by atoms with van der Waals surface area (Å²) < 4.78 is 39.3. The van der Waals surface area contributed by atoms with E-state index in [1.807, 2.05) is 39.8 Å². The molecule has 3 rings (SSSR count). The van der Waals surface area contributed by atoms with E-state index in [2.05, 4.69) is 26.1 Å². The highest BCUT2D eigenvalue weighted by molar-refractivity contribution is 6.20. The van der Waals surface area contributed by atoms with Crippen LogP contribution >= 0.6 is 0 Å². The highest BCUT2D eigenvalue weighted by Crippen LogP contribution is 2.46. The Morgan fingerprint density at radius 2 is 1.34 bits per heavy atom. The van der Waals surface area contributed by atoms with Gasteiger partial charge in [0.25, 0.3) is 0 Å². The fourth-order valence-electron chi connectivity index (χ4n) is 5.78. The van der Waals surface area contributed by atoms with Gasteiger partial charge in [-0.3, -0.25) is 4.79 Å². The van der Waals surface area contributed by atoms with E-state index in [4.69, 9.17) is 33.2 Å². The summed E-state index contributed by atoms with van der Waals surface area (Å²) in [5.41, 5.74) is 3.16. The van der Waals surface area contributed by atoms with Crippen LogP contribution in [0.5, 0.6) is 0 Å². The summed E-state index contributed by atoms with van der Waals surface area (Å²) in [6.07, 6.45) is 2.46. The molecule has 0 aromatic heterocycles. The maximum absolute atomic E-state index is 12.9. The first-order chi connectivity index (χ1) is 22.3. The Kier molecular flexibility index (Phi) is 15.6. The third-order valence-corrected chi connectivity index (χ3v) is 8.81. The average molecular weight is 664 g/mol. The minimum atomic E-state index is -0.957. The highest BCUT2D eigenvalue weighted by Gasteiger charge is 2.51. The van der Waals surface area contributed by atoms with Gasteiger partial charge in [0.1, 0.15) is 12.2 Å². The number of rotatable bonds is 20. The van der Waals surface area contributed by atoms with Crippen molar-refractivity contribution in [2.24, 2.45) is 5.41 Å². The predicted molar refractivity (Wildman–Crippen MR) is 178 cm³/mol. The Hall–Kier alpha value is -2.54. The Balaban J connectivity index is 1.14. The standard InChI is InChI=1S/C36H57NO10/c1-25-22-26(2)31(27(3)23-25)32-33(39)36(47-34(32)40)10-8-29(9-11-36)46-21-20-44-17-16-42-13-12-41-14-15-43-18-19-45-24-30(38)37-28(4)35(5,6)7/h22-23,28-29,39H,8-21,24H2,1-7H3,(H,37,38). The number of hydrogen-bond acceptors (Lipinski definition) is 10. The van der Waals surface area contributed by atoms with Crippen LogP contribution in [-0.4, -0.2) is 107 Å². The summed E-state index contributed by atoms with van der Waals surface area (Å²) in [6.45, 7) is 18.6. The van der Waals surface area contributed by atoms with Gasteiger partial charge in [-0.05, 0) is 75.5 Å². The molecule has 47 heavy (non-hydrogen) atoms. The molecule has 11 heteroatoms. The molecular formula is C36H57NO10. The number of aryl methyl sites for hydroxylation is 3. The SMILES string of the molecule is Cc1cc(C)c(C2=C(O)C3(CCC(OCCOCCOCCOCCOCCOCC(=O)NC(C)C(C)(C)C)CC3)OC2=O)c(C)c1. The van der Waals surface area contributed by atoms with Crippen LogP contribution in [0.25, 0.3) is 5.57 Å². The lowest BCUT2D eigenvalue weighted by Gasteiger charge is -2.35. The number of esters is 1. The fourth-order valence-corrected chi connectivity index (χ4v) is 5.78. The molecule has 1 aromatic carbocycles. The Morgan fingerprint density at radius 3 is 1.83 bits per heavy atom. The van der Waals surface area contributed by atoms with Crippen LogP contribution in [0.3, 0.4) is 0 Å². The maximum atomic E-state index is 12.9. The number of hydrogen-bond donors (Lipinski definition) is 2. The molecule has 0 saturated heterocycles. The molecular weight excluding hydrogens is 606 g/mol. The molecule has 1 spiro atoms. The smallest absolute Gasteiger partial charge is 0.343 e. The third kappa shape index (κ3) is 12.1. The van der Waals surface area contributed by atoms with Crippen LogP contribution in [0.15, 0.2) is 17.9 Å². The van der Waals surface area contributed by atoms with E-state index in [9.17, 15) is 14.7 Å². The summed E-state index contributed by atoms with van der Waals surface area (Å²) in [5.74, 6) is -0.513. The number of aliphatic hydroxyl groups excluding tert-OH is 1. The molecule has 1 saturated carbocycles. The van der Waals surface area contributed by atoms with Crippen LogP contribution in [-0.2, 0) is 42.7 Å². The molecule has 11 nitrogen and oxygen atoms in total. The van der Waals surface area contributed by atoms with Crippen LogP contribution in [0.1, 0.15) is 75.6 Å². The van der Waals surface area contributed by atoms with Gasteiger partial charge in [-0.15, -0.1) is 0 Å². The van der Waals surface area contributed by atoms with Crippen molar-refractivity contribution in [2.75, 3.05) is 72.7 Å². The Morgan fingerprint density at radius 1 is 0.872 bits per heavy atom. The lowest BCUT2D eigenvalue weighted by Crippen LogP contribution is -2.43. The first-order valence-electron chi connectivity index (χ1n) is 16.9. The Labute approximate surface area is 280 Å². The molecule has 0 radical (unpaired) electrons. The van der Waals surface area contributed by atoms with Crippen LogP contribution in [0.2, 0.25) is 0 Å². The van der Waals surface area contributed by atoms with Gasteiger partial charge in [0.05, 0.1) is 72.2 Å². The number of nitrogens with one attached hydrogen (secondary N) is 1. The second-order valence-corrected chi connectivity index (χ2v) is 13.6. The molecule has 266 valence electrons. The third-order valence-electron chi connectivity index (χ3n) is 8.81. The number of carbonyl (C=O) groups is 2. The van der Waals surface area contributed by atoms with Crippen molar-refractivity contribution < 1.29 is 47.9 Å². The lowest BCUT2D eigenvalue weighted by atomic mass is 9.80. The molecule has 1 heterocycles. The van der Waals surface area contributed by atoms with Gasteiger partial charge in [-0.2, -0.15) is 0 Å². The van der Waals surface area contributed by atoms with Gasteiger partial charge in [0.2, 0.25) is 5.91 Å². The molecule has 1 aliphatic carbocycles. The van der Waals surface area contributed by atoms with E-state index in [0.29, 0.717) is 97.3 Å². The van der Waals surface area contributed by atoms with Gasteiger partial charge in [0, 0.05) is 6.04 Å². The van der Waals surface area contributed by atoms with Crippen molar-refractivity contribution in [3.05, 3.63) is 40.1 Å². The van der Waals surface area contributed by atoms with E-state index in [1.165, 1.54) is 0 Å². The second kappa shape index (κ2) is 18.9. The molecule has 1 atom stereocenters. The average Bonchev–Trinajstić information content (AvgIpc) is 3.23. The lowest BCUT2D eigenvalue weighted by molar-refractivity contribution is -0.152. The molecule has 0 bridgehead atoms. The topological polar surface area (TPSA) is 131 Å². The summed E-state index contributed by atoms with van der Waals surface area (Å²) >= 11 is 0. The molecule has 1 fully saturated rings. The number of aliphatic hydroxyl groups is 1. The van der Waals surface area contributed by atoms with Gasteiger partial charge in [-0.1, -0.05) is 38.5 Å². The van der Waals surface area contributed by atoms with Crippen LogP contribution in [0, 0.1) is 26.2 Å². The van der Waals surface area contributed by atoms with E-state index >= 15 is 0 Å². The Bertz CT molecular complexity index is 1160. The summed E-state index contributed by atoms with van der Waals surface area (Å²) in [4.78, 5) is 24.8. The number of benzene rings is 1. The van der Waals surface area contributed by atoms with Crippen LogP contribution in [0.4, 0.5) is 0 Å². The zero-order valence-corrected chi connectivity index (χ0v) is 29.5. The van der Waals surface area contributed by atoms with Crippen molar-refractivity contribution in [1.82, 2.24) is 5.32 Å². The first kappa shape index (κ1) is 38.9. The fraction of sp³-hybridized carbons (Fsp3) is 0.722. The largest absolute Gasteiger partial charge is 0.507 e. The molecule has 2 N–H and O–H groups in total. The van der Waals surface area contributed by atoms with Gasteiger partial charge < -0.3 is 43.6 Å². The quantitative estimate of drug-likeness (QED) is 0.149. The molecule has 2 aliphatic rings. The van der Waals surface area contributed by atoms with Gasteiger partial charge >= 0.3 is 5.97 Å². The molecule has 1 aliphatic heterocycles. The van der Waals surface area contributed by atoms with Crippen molar-refractivity contribution >= 4 is 17.4 Å². The van der Waals surface area contributed by atoms with Crippen molar-refractivity contribution in [3.8, 4) is 0 Å². The van der Waals surface area contributed by atoms with Crippen molar-refractivity contribution in [3.63, 3.8) is 0 Å². The van der Waals surface area contributed by atoms with E-state index < -0.39 is 11.6 Å².